The van der Waals surface area contributed by atoms with Crippen molar-refractivity contribution < 1.29 is 4.92 Å². The molecule has 2 aromatic rings. The zero-order chi connectivity index (χ0) is 11.7. The first kappa shape index (κ1) is 10.9. The zero-order valence-corrected chi connectivity index (χ0v) is 10.1. The van der Waals surface area contributed by atoms with Crippen LogP contribution in [-0.4, -0.2) is 14.9 Å². The van der Waals surface area contributed by atoms with Crippen molar-refractivity contribution in [2.75, 3.05) is 0 Å². The van der Waals surface area contributed by atoms with Crippen molar-refractivity contribution >= 4 is 32.5 Å². The van der Waals surface area contributed by atoms with E-state index in [0.29, 0.717) is 27.8 Å². The largest absolute Gasteiger partial charge is 0.295 e. The van der Waals surface area contributed by atoms with Gasteiger partial charge < -0.3 is 0 Å². The summed E-state index contributed by atoms with van der Waals surface area (Å²) in [5.74, 6) is 0.591. The zero-order valence-electron chi connectivity index (χ0n) is 8.48. The van der Waals surface area contributed by atoms with Crippen LogP contribution in [0.4, 0.5) is 5.69 Å². The van der Waals surface area contributed by atoms with Crippen LogP contribution >= 0.6 is 15.9 Å². The number of nitro groups is 1. The lowest BCUT2D eigenvalue weighted by molar-refractivity contribution is -0.383. The third-order valence-electron chi connectivity index (χ3n) is 2.22. The number of para-hydroxylation sites is 1. The Morgan fingerprint density at radius 2 is 2.19 bits per heavy atom. The third-order valence-corrected chi connectivity index (χ3v) is 2.82. The third kappa shape index (κ3) is 1.76. The number of halogens is 1. The molecule has 1 heterocycles. The monoisotopic (exact) mass is 281 g/mol. The van der Waals surface area contributed by atoms with E-state index in [0.717, 1.165) is 0 Å². The number of nitro benzene ring substituents is 1. The Morgan fingerprint density at radius 3 is 2.81 bits per heavy atom. The summed E-state index contributed by atoms with van der Waals surface area (Å²) in [6, 6.07) is 4.83. The van der Waals surface area contributed by atoms with Crippen molar-refractivity contribution in [3.63, 3.8) is 0 Å². The van der Waals surface area contributed by atoms with Gasteiger partial charge in [-0.25, -0.2) is 9.97 Å². The van der Waals surface area contributed by atoms with Gasteiger partial charge in [-0.15, -0.1) is 0 Å². The summed E-state index contributed by atoms with van der Waals surface area (Å²) in [5, 5.41) is 11.5. The van der Waals surface area contributed by atoms with E-state index in [1.807, 2.05) is 6.92 Å². The van der Waals surface area contributed by atoms with Gasteiger partial charge in [-0.2, -0.15) is 0 Å². The molecule has 16 heavy (non-hydrogen) atoms. The smallest absolute Gasteiger partial charge is 0.258 e. The number of non-ortho nitro benzene ring substituents is 1. The number of fused-ring (bicyclic) bond motifs is 1. The minimum Gasteiger partial charge on any atom is -0.258 e. The molecule has 0 atom stereocenters. The molecular formula is C10H8BrN3O2. The topological polar surface area (TPSA) is 68.9 Å². The Kier molecular flexibility index (Phi) is 2.82. The number of aromatic nitrogens is 2. The molecule has 0 radical (unpaired) electrons. The first-order valence-electron chi connectivity index (χ1n) is 4.73. The van der Waals surface area contributed by atoms with E-state index in [2.05, 4.69) is 25.9 Å². The maximum absolute atomic E-state index is 10.9. The maximum Gasteiger partial charge on any atom is 0.295 e. The molecule has 0 spiro atoms. The van der Waals surface area contributed by atoms with Crippen molar-refractivity contribution in [1.29, 1.82) is 0 Å². The van der Waals surface area contributed by atoms with Crippen LogP contribution in [-0.2, 0) is 6.42 Å². The molecule has 0 aliphatic heterocycles. The number of aryl methyl sites for hydroxylation is 1. The molecule has 0 aliphatic carbocycles. The van der Waals surface area contributed by atoms with Gasteiger partial charge in [0, 0.05) is 17.9 Å². The second-order valence-corrected chi connectivity index (χ2v) is 3.97. The fourth-order valence-electron chi connectivity index (χ4n) is 1.45. The number of rotatable bonds is 2. The molecule has 6 heteroatoms. The predicted octanol–water partition coefficient (Wildman–Crippen LogP) is 2.86. The molecule has 5 nitrogen and oxygen atoms in total. The predicted molar refractivity (Wildman–Crippen MR) is 63.3 cm³/mol. The highest BCUT2D eigenvalue weighted by Gasteiger charge is 2.15. The van der Waals surface area contributed by atoms with Gasteiger partial charge in [-0.05, 0) is 22.0 Å². The first-order chi connectivity index (χ1) is 7.63. The average Bonchev–Trinajstić information content (AvgIpc) is 2.28. The molecule has 0 bridgehead atoms. The second-order valence-electron chi connectivity index (χ2n) is 3.21. The van der Waals surface area contributed by atoms with Gasteiger partial charge in [0.2, 0.25) is 0 Å². The Morgan fingerprint density at radius 1 is 1.44 bits per heavy atom. The summed E-state index contributed by atoms with van der Waals surface area (Å²) in [5.41, 5.74) is 0.390. The first-order valence-corrected chi connectivity index (χ1v) is 5.52. The number of hydrogen-bond acceptors (Lipinski definition) is 4. The standard InChI is InChI=1S/C10H8BrN3O2/c1-2-8-12-9-6(10(11)13-8)4-3-5-7(9)14(15)16/h3-5H,2H2,1H3. The lowest BCUT2D eigenvalue weighted by Gasteiger charge is -2.03. The van der Waals surface area contributed by atoms with Crippen molar-refractivity contribution in [2.45, 2.75) is 13.3 Å². The molecule has 82 valence electrons. The quantitative estimate of drug-likeness (QED) is 0.482. The Hall–Kier alpha value is -1.56. The van der Waals surface area contributed by atoms with Gasteiger partial charge in [-0.1, -0.05) is 13.0 Å². The van der Waals surface area contributed by atoms with Crippen LogP contribution in [0.1, 0.15) is 12.7 Å². The van der Waals surface area contributed by atoms with Crippen LogP contribution in [0.3, 0.4) is 0 Å². The Labute approximate surface area is 99.8 Å². The lowest BCUT2D eigenvalue weighted by Crippen LogP contribution is -1.98. The summed E-state index contributed by atoms with van der Waals surface area (Å²) in [6.45, 7) is 1.91. The maximum atomic E-state index is 10.9. The number of hydrogen-bond donors (Lipinski definition) is 0. The summed E-state index contributed by atoms with van der Waals surface area (Å²) in [6.07, 6.45) is 0.639. The molecule has 0 unspecified atom stereocenters. The molecule has 0 fully saturated rings. The van der Waals surface area contributed by atoms with Gasteiger partial charge in [0.25, 0.3) is 5.69 Å². The van der Waals surface area contributed by atoms with Crippen LogP contribution in [0.5, 0.6) is 0 Å². The van der Waals surface area contributed by atoms with E-state index in [4.69, 9.17) is 0 Å². The van der Waals surface area contributed by atoms with Crippen LogP contribution in [0.2, 0.25) is 0 Å². The normalized spacial score (nSPS) is 10.6. The van der Waals surface area contributed by atoms with Crippen LogP contribution < -0.4 is 0 Å². The minimum atomic E-state index is -0.429. The average molecular weight is 282 g/mol. The summed E-state index contributed by atoms with van der Waals surface area (Å²) in [7, 11) is 0. The fourth-order valence-corrected chi connectivity index (χ4v) is 1.97. The van der Waals surface area contributed by atoms with Crippen molar-refractivity contribution in [1.82, 2.24) is 9.97 Å². The van der Waals surface area contributed by atoms with Crippen molar-refractivity contribution in [3.05, 3.63) is 38.7 Å². The van der Waals surface area contributed by atoms with Crippen LogP contribution in [0, 0.1) is 10.1 Å². The van der Waals surface area contributed by atoms with E-state index >= 15 is 0 Å². The van der Waals surface area contributed by atoms with Crippen LogP contribution in [0.15, 0.2) is 22.8 Å². The molecule has 0 saturated carbocycles. The fraction of sp³-hybridized carbons (Fsp3) is 0.200. The van der Waals surface area contributed by atoms with Crippen molar-refractivity contribution in [3.8, 4) is 0 Å². The molecule has 1 aromatic heterocycles. The highest BCUT2D eigenvalue weighted by atomic mass is 79.9. The van der Waals surface area contributed by atoms with Crippen molar-refractivity contribution in [2.24, 2.45) is 0 Å². The summed E-state index contributed by atoms with van der Waals surface area (Å²) in [4.78, 5) is 18.8. The van der Waals surface area contributed by atoms with Gasteiger partial charge in [0.05, 0.1) is 4.92 Å². The van der Waals surface area contributed by atoms with Gasteiger partial charge in [0.1, 0.15) is 10.4 Å². The van der Waals surface area contributed by atoms with E-state index in [1.54, 1.807) is 12.1 Å². The van der Waals surface area contributed by atoms with E-state index in [1.165, 1.54) is 6.07 Å². The summed E-state index contributed by atoms with van der Waals surface area (Å²) < 4.78 is 0.595. The SMILES string of the molecule is CCc1nc(Br)c2cccc([N+](=O)[O-])c2n1. The van der Waals surface area contributed by atoms with Gasteiger partial charge in [-0.3, -0.25) is 10.1 Å². The van der Waals surface area contributed by atoms with Gasteiger partial charge in [0.15, 0.2) is 5.52 Å². The minimum absolute atomic E-state index is 0.00954. The Balaban J connectivity index is 2.85. The highest BCUT2D eigenvalue weighted by molar-refractivity contribution is 9.10. The highest BCUT2D eigenvalue weighted by Crippen LogP contribution is 2.28. The number of nitrogens with zero attached hydrogens (tertiary/aromatic N) is 3. The van der Waals surface area contributed by atoms with E-state index in [-0.39, 0.29) is 5.69 Å². The van der Waals surface area contributed by atoms with Gasteiger partial charge >= 0.3 is 0 Å². The van der Waals surface area contributed by atoms with Crippen LogP contribution in [0.25, 0.3) is 10.9 Å². The second kappa shape index (κ2) is 4.13. The molecular weight excluding hydrogens is 274 g/mol. The van der Waals surface area contributed by atoms with E-state index in [9.17, 15) is 10.1 Å². The summed E-state index contributed by atoms with van der Waals surface area (Å²) >= 11 is 3.30. The molecule has 0 aliphatic rings. The molecule has 0 amide bonds. The molecule has 2 rings (SSSR count). The molecule has 0 saturated heterocycles. The van der Waals surface area contributed by atoms with E-state index < -0.39 is 4.92 Å². The molecule has 1 aromatic carbocycles. The number of benzene rings is 1. The molecule has 0 N–H and O–H groups in total. The Bertz CT molecular complexity index is 571. The lowest BCUT2D eigenvalue weighted by atomic mass is 10.2.